The lowest BCUT2D eigenvalue weighted by Crippen LogP contribution is -2.55. The van der Waals surface area contributed by atoms with Crippen molar-refractivity contribution in [2.45, 2.75) is 31.9 Å². The molecule has 1 fully saturated rings. The average molecular weight is 599 g/mol. The molecule has 226 valence electrons. The largest absolute Gasteiger partial charge is 0.547 e. The van der Waals surface area contributed by atoms with Crippen molar-refractivity contribution in [3.8, 4) is 5.69 Å². The van der Waals surface area contributed by atoms with Crippen LogP contribution in [0.3, 0.4) is 0 Å². The first-order chi connectivity index (χ1) is 20.7. The molecule has 0 radical (unpaired) electrons. The maximum absolute atomic E-state index is 15.2. The minimum absolute atomic E-state index is 0.0343. The van der Waals surface area contributed by atoms with Crippen LogP contribution in [0.15, 0.2) is 53.9 Å². The molecule has 3 aromatic rings. The van der Waals surface area contributed by atoms with Gasteiger partial charge in [-0.05, 0) is 54.1 Å². The molecule has 0 unspecified atom stereocenters. The number of aliphatic hydroxyl groups is 1. The van der Waals surface area contributed by atoms with Crippen LogP contribution in [0.25, 0.3) is 5.69 Å². The zero-order valence-corrected chi connectivity index (χ0v) is 23.5. The van der Waals surface area contributed by atoms with E-state index < -0.39 is 35.5 Å². The Morgan fingerprint density at radius 3 is 2.60 bits per heavy atom. The van der Waals surface area contributed by atoms with Gasteiger partial charge >= 0.3 is 18.5 Å². The summed E-state index contributed by atoms with van der Waals surface area (Å²) in [5.74, 6) is -1.78. The van der Waals surface area contributed by atoms with E-state index >= 15 is 4.39 Å². The molecule has 0 aliphatic carbocycles. The highest BCUT2D eigenvalue weighted by Gasteiger charge is 2.48. The van der Waals surface area contributed by atoms with Crippen LogP contribution < -0.4 is 4.90 Å². The molecule has 1 aromatic heterocycles. The van der Waals surface area contributed by atoms with Crippen molar-refractivity contribution in [1.29, 1.82) is 0 Å². The molecule has 0 spiro atoms. The Kier molecular flexibility index (Phi) is 8.59. The number of nitrogens with zero attached hydrogens (tertiary/aromatic N) is 9. The highest BCUT2D eigenvalue weighted by Crippen LogP contribution is 2.35. The number of carbonyl (C=O) groups is 2. The summed E-state index contributed by atoms with van der Waals surface area (Å²) in [6.45, 7) is 3.74. The number of anilines is 1. The first kappa shape index (κ1) is 29.5. The number of aromatic nitrogens is 4. The van der Waals surface area contributed by atoms with Crippen molar-refractivity contribution < 1.29 is 33.0 Å². The van der Waals surface area contributed by atoms with Crippen molar-refractivity contribution in [3.63, 3.8) is 0 Å². The molecule has 2 aliphatic rings. The number of carbonyl (C=O) groups excluding carboxylic acids is 2. The van der Waals surface area contributed by atoms with Crippen LogP contribution >= 0.6 is 0 Å². The van der Waals surface area contributed by atoms with E-state index in [2.05, 4.69) is 27.0 Å². The van der Waals surface area contributed by atoms with Gasteiger partial charge in [-0.2, -0.15) is 0 Å². The number of hydrogen-bond donors (Lipinski definition) is 1. The smallest absolute Gasteiger partial charge is 0.434 e. The van der Waals surface area contributed by atoms with Gasteiger partial charge in [0.1, 0.15) is 28.7 Å². The number of hydrogen-bond acceptors (Lipinski definition) is 11. The standard InChI is InChI=1S/C27H30F2N9O5/c1-3-12-42-26(40)43-18-34-16-31-35(17-34)14-27(41,23-9-4-20(28)13-24(23)29)19(2)36-10-11-37(25(36)39)21-5-7-22(8-6-21)38-15-30-32-33-38/h4-9,13,15,19,41H,3,10-12,14,17-18H2,1-2H3/q+1/t19-,27+/m1/s1. The van der Waals surface area contributed by atoms with E-state index in [0.29, 0.717) is 30.4 Å². The molecule has 2 aromatic carbocycles. The van der Waals surface area contributed by atoms with Gasteiger partial charge in [0.25, 0.3) is 0 Å². The van der Waals surface area contributed by atoms with E-state index in [1.54, 1.807) is 36.1 Å². The number of hydrazone groups is 1. The van der Waals surface area contributed by atoms with Gasteiger partial charge in [0.15, 0.2) is 6.67 Å². The fourth-order valence-corrected chi connectivity index (χ4v) is 4.94. The zero-order valence-electron chi connectivity index (χ0n) is 23.5. The summed E-state index contributed by atoms with van der Waals surface area (Å²) in [5.41, 5.74) is -0.923. The minimum Gasteiger partial charge on any atom is -0.434 e. The summed E-state index contributed by atoms with van der Waals surface area (Å²) in [6.07, 6.45) is 3.91. The molecule has 3 heterocycles. The van der Waals surface area contributed by atoms with Crippen LogP contribution in [-0.4, -0.2) is 104 Å². The molecule has 1 N–H and O–H groups in total. The third kappa shape index (κ3) is 6.29. The Morgan fingerprint density at radius 2 is 1.91 bits per heavy atom. The lowest BCUT2D eigenvalue weighted by molar-refractivity contribution is -0.0602. The lowest BCUT2D eigenvalue weighted by Gasteiger charge is -2.40. The summed E-state index contributed by atoms with van der Waals surface area (Å²) < 4.78 is 40.4. The van der Waals surface area contributed by atoms with Gasteiger partial charge in [0.05, 0.1) is 24.9 Å². The molecule has 2 amide bonds. The zero-order chi connectivity index (χ0) is 30.6. The molecule has 1 saturated heterocycles. The van der Waals surface area contributed by atoms with Gasteiger partial charge in [0, 0.05) is 30.4 Å². The number of tetrazole rings is 1. The SMILES string of the molecule is CCCOC(=O)OCN1[C+]=NN(C[C@@](O)(c2ccc(F)cc2F)[C@@H](C)N2CCN(c3ccc(-n4cnnn4)cc3)C2=O)C1. The van der Waals surface area contributed by atoms with Crippen LogP contribution in [0.2, 0.25) is 0 Å². The third-order valence-corrected chi connectivity index (χ3v) is 7.22. The Balaban J connectivity index is 1.32. The highest BCUT2D eigenvalue weighted by molar-refractivity contribution is 5.94. The summed E-state index contributed by atoms with van der Waals surface area (Å²) >= 11 is 0. The van der Waals surface area contributed by atoms with Gasteiger partial charge in [-0.1, -0.05) is 17.9 Å². The van der Waals surface area contributed by atoms with E-state index in [0.717, 1.165) is 12.1 Å². The number of urea groups is 1. The summed E-state index contributed by atoms with van der Waals surface area (Å²) in [5, 5.41) is 28.7. The molecule has 16 heteroatoms. The molecule has 0 saturated carbocycles. The molecule has 14 nitrogen and oxygen atoms in total. The Morgan fingerprint density at radius 1 is 1.14 bits per heavy atom. The molecule has 0 bridgehead atoms. The first-order valence-corrected chi connectivity index (χ1v) is 13.5. The number of benzene rings is 2. The van der Waals surface area contributed by atoms with Crippen LogP contribution in [0, 0.1) is 11.6 Å². The second-order valence-corrected chi connectivity index (χ2v) is 10.0. The number of ether oxygens (including phenoxy) is 2. The summed E-state index contributed by atoms with van der Waals surface area (Å²) in [7, 11) is 0. The first-order valence-electron chi connectivity index (χ1n) is 13.5. The molecule has 5 rings (SSSR count). The van der Waals surface area contributed by atoms with E-state index in [1.807, 2.05) is 6.92 Å². The van der Waals surface area contributed by atoms with Crippen molar-refractivity contribution in [2.75, 3.05) is 44.5 Å². The lowest BCUT2D eigenvalue weighted by atomic mass is 9.85. The monoisotopic (exact) mass is 598 g/mol. The van der Waals surface area contributed by atoms with E-state index in [4.69, 9.17) is 9.47 Å². The molecule has 43 heavy (non-hydrogen) atoms. The fourth-order valence-electron chi connectivity index (χ4n) is 4.94. The highest BCUT2D eigenvalue weighted by atomic mass is 19.1. The predicted octanol–water partition coefficient (Wildman–Crippen LogP) is 2.37. The molecule has 2 atom stereocenters. The topological polar surface area (TPSA) is 142 Å². The van der Waals surface area contributed by atoms with Crippen LogP contribution in [0.4, 0.5) is 24.1 Å². The maximum Gasteiger partial charge on any atom is 0.547 e. The van der Waals surface area contributed by atoms with Crippen molar-refractivity contribution in [1.82, 2.24) is 35.0 Å². The second kappa shape index (κ2) is 12.5. The van der Waals surface area contributed by atoms with Gasteiger partial charge in [0.2, 0.25) is 6.73 Å². The predicted molar refractivity (Wildman–Crippen MR) is 147 cm³/mol. The van der Waals surface area contributed by atoms with Crippen LogP contribution in [-0.2, 0) is 15.1 Å². The van der Waals surface area contributed by atoms with Crippen molar-refractivity contribution >= 4 is 24.2 Å². The van der Waals surface area contributed by atoms with Gasteiger partial charge in [-0.3, -0.25) is 4.90 Å². The number of amides is 2. The van der Waals surface area contributed by atoms with Crippen molar-refractivity contribution in [3.05, 3.63) is 66.0 Å². The second-order valence-electron chi connectivity index (χ2n) is 10.0. The molecular formula is C27H30F2N9O5+. The molecule has 2 aliphatic heterocycles. The van der Waals surface area contributed by atoms with Crippen LogP contribution in [0.5, 0.6) is 0 Å². The van der Waals surface area contributed by atoms with E-state index in [-0.39, 0.29) is 38.7 Å². The third-order valence-electron chi connectivity index (χ3n) is 7.22. The van der Waals surface area contributed by atoms with E-state index in [9.17, 15) is 19.1 Å². The Hall–Kier alpha value is -4.95. The van der Waals surface area contributed by atoms with Crippen molar-refractivity contribution in [2.24, 2.45) is 5.10 Å². The van der Waals surface area contributed by atoms with Gasteiger partial charge in [-0.25, -0.2) is 28.1 Å². The Bertz CT molecular complexity index is 1460. The van der Waals surface area contributed by atoms with Gasteiger partial charge in [-0.15, -0.1) is 5.10 Å². The normalized spacial score (nSPS) is 16.8. The average Bonchev–Trinajstić information content (AvgIpc) is 3.76. The number of β-amino-alcohol motifs (C(OH)–C–C–N with tert-alkyl or cyclic N) is 1. The fraction of sp³-hybridized carbons (Fsp3) is 0.407. The Labute approximate surface area is 245 Å². The number of halogens is 2. The maximum atomic E-state index is 15.2. The summed E-state index contributed by atoms with van der Waals surface area (Å²) in [6, 6.07) is 8.52. The summed E-state index contributed by atoms with van der Waals surface area (Å²) in [4.78, 5) is 29.7. The van der Waals surface area contributed by atoms with Gasteiger partial charge < -0.3 is 19.5 Å². The van der Waals surface area contributed by atoms with Crippen LogP contribution in [0.1, 0.15) is 25.8 Å². The molecular weight excluding hydrogens is 568 g/mol. The quantitative estimate of drug-likeness (QED) is 0.258. The van der Waals surface area contributed by atoms with E-state index in [1.165, 1.54) is 25.8 Å². The number of rotatable bonds is 11. The minimum atomic E-state index is -2.03.